The summed E-state index contributed by atoms with van der Waals surface area (Å²) in [6.45, 7) is 11.0. The second-order valence-corrected chi connectivity index (χ2v) is 7.23. The van der Waals surface area contributed by atoms with E-state index in [4.69, 9.17) is 9.84 Å². The normalized spacial score (nSPS) is 19.7. The van der Waals surface area contributed by atoms with E-state index in [1.807, 2.05) is 37.8 Å². The fourth-order valence-electron chi connectivity index (χ4n) is 2.78. The number of aliphatic hydroxyl groups excluding tert-OH is 1. The highest BCUT2D eigenvalue weighted by atomic mass is 16.6. The molecule has 0 aliphatic carbocycles. The maximum absolute atomic E-state index is 12.2. The van der Waals surface area contributed by atoms with Crippen molar-refractivity contribution in [3.8, 4) is 0 Å². The molecule has 1 heterocycles. The summed E-state index contributed by atoms with van der Waals surface area (Å²) in [5, 5.41) is 9.09. The first-order chi connectivity index (χ1) is 10.8. The van der Waals surface area contributed by atoms with Crippen LogP contribution in [0.3, 0.4) is 0 Å². The van der Waals surface area contributed by atoms with Crippen molar-refractivity contribution in [2.45, 2.75) is 52.5 Å². The van der Waals surface area contributed by atoms with Crippen LogP contribution in [-0.4, -0.2) is 52.3 Å². The molecule has 5 nitrogen and oxygen atoms in total. The van der Waals surface area contributed by atoms with E-state index in [-0.39, 0.29) is 18.7 Å². The third kappa shape index (κ3) is 5.22. The number of carbonyl (C=O) groups excluding carboxylic acids is 1. The van der Waals surface area contributed by atoms with Crippen LogP contribution in [0.25, 0.3) is 0 Å². The second kappa shape index (κ2) is 7.32. The van der Waals surface area contributed by atoms with Gasteiger partial charge in [0.25, 0.3) is 0 Å². The lowest BCUT2D eigenvalue weighted by molar-refractivity contribution is 0.000562. The van der Waals surface area contributed by atoms with Crippen LogP contribution in [0.1, 0.15) is 38.8 Å². The molecule has 0 aromatic heterocycles. The van der Waals surface area contributed by atoms with Crippen molar-refractivity contribution >= 4 is 6.09 Å². The van der Waals surface area contributed by atoms with E-state index in [9.17, 15) is 4.79 Å². The van der Waals surface area contributed by atoms with Gasteiger partial charge in [0.2, 0.25) is 0 Å². The van der Waals surface area contributed by atoms with Gasteiger partial charge in [0.15, 0.2) is 0 Å². The fourth-order valence-corrected chi connectivity index (χ4v) is 2.78. The van der Waals surface area contributed by atoms with Gasteiger partial charge in [-0.05, 0) is 38.8 Å². The van der Waals surface area contributed by atoms with Gasteiger partial charge >= 0.3 is 6.09 Å². The molecule has 1 atom stereocenters. The Labute approximate surface area is 138 Å². The van der Waals surface area contributed by atoms with Gasteiger partial charge in [-0.2, -0.15) is 0 Å². The van der Waals surface area contributed by atoms with E-state index >= 15 is 0 Å². The number of hydrogen-bond donors (Lipinski definition) is 1. The van der Waals surface area contributed by atoms with Crippen molar-refractivity contribution in [2.24, 2.45) is 0 Å². The Kier molecular flexibility index (Phi) is 5.65. The van der Waals surface area contributed by atoms with Gasteiger partial charge in [0.05, 0.1) is 6.61 Å². The average Bonchev–Trinajstić information content (AvgIpc) is 2.46. The molecule has 1 saturated heterocycles. The van der Waals surface area contributed by atoms with Crippen molar-refractivity contribution in [1.29, 1.82) is 0 Å². The van der Waals surface area contributed by atoms with Crippen LogP contribution in [0.5, 0.6) is 0 Å². The standard InChI is InChI=1S/C18H28N2O3/c1-14-11-19(12-15-5-7-16(13-21)8-6-15)9-10-20(14)17(22)23-18(2,3)4/h5-8,14,21H,9-13H2,1-4H3/t14-/m1/s1. The number of nitrogens with zero attached hydrogens (tertiary/aromatic N) is 2. The number of benzene rings is 1. The third-order valence-electron chi connectivity index (χ3n) is 3.95. The number of piperazine rings is 1. The highest BCUT2D eigenvalue weighted by Crippen LogP contribution is 2.17. The monoisotopic (exact) mass is 320 g/mol. The minimum absolute atomic E-state index is 0.0753. The summed E-state index contributed by atoms with van der Waals surface area (Å²) in [7, 11) is 0. The quantitative estimate of drug-likeness (QED) is 0.930. The van der Waals surface area contributed by atoms with Gasteiger partial charge in [-0.25, -0.2) is 4.79 Å². The van der Waals surface area contributed by atoms with Gasteiger partial charge in [0.1, 0.15) is 5.60 Å². The Morgan fingerprint density at radius 3 is 2.35 bits per heavy atom. The van der Waals surface area contributed by atoms with E-state index in [0.29, 0.717) is 6.54 Å². The minimum atomic E-state index is -0.456. The summed E-state index contributed by atoms with van der Waals surface area (Å²) in [5.74, 6) is 0. The number of rotatable bonds is 3. The molecular weight excluding hydrogens is 292 g/mol. The largest absolute Gasteiger partial charge is 0.444 e. The molecule has 0 spiro atoms. The van der Waals surface area contributed by atoms with Gasteiger partial charge in [-0.15, -0.1) is 0 Å². The zero-order valence-electron chi connectivity index (χ0n) is 14.6. The molecule has 1 amide bonds. The number of hydrogen-bond acceptors (Lipinski definition) is 4. The van der Waals surface area contributed by atoms with Crippen LogP contribution in [0.15, 0.2) is 24.3 Å². The minimum Gasteiger partial charge on any atom is -0.444 e. The predicted molar refractivity (Wildman–Crippen MR) is 90.0 cm³/mol. The number of ether oxygens (including phenoxy) is 1. The zero-order valence-corrected chi connectivity index (χ0v) is 14.6. The van der Waals surface area contributed by atoms with Crippen molar-refractivity contribution < 1.29 is 14.6 Å². The summed E-state index contributed by atoms with van der Waals surface area (Å²) < 4.78 is 5.47. The molecule has 5 heteroatoms. The second-order valence-electron chi connectivity index (χ2n) is 7.23. The topological polar surface area (TPSA) is 53.0 Å². The lowest BCUT2D eigenvalue weighted by Crippen LogP contribution is -2.54. The Hall–Kier alpha value is -1.59. The molecule has 1 fully saturated rings. The van der Waals surface area contributed by atoms with E-state index < -0.39 is 5.60 Å². The molecule has 0 saturated carbocycles. The fraction of sp³-hybridized carbons (Fsp3) is 0.611. The van der Waals surface area contributed by atoms with Crippen LogP contribution >= 0.6 is 0 Å². The molecule has 1 aliphatic heterocycles. The SMILES string of the molecule is C[C@@H]1CN(Cc2ccc(CO)cc2)CCN1C(=O)OC(C)(C)C. The Balaban J connectivity index is 1.89. The van der Waals surface area contributed by atoms with Crippen molar-refractivity contribution in [3.63, 3.8) is 0 Å². The number of amides is 1. The Bertz CT molecular complexity index is 522. The zero-order chi connectivity index (χ0) is 17.0. The molecule has 1 aliphatic rings. The molecular formula is C18H28N2O3. The van der Waals surface area contributed by atoms with E-state index in [1.165, 1.54) is 5.56 Å². The maximum Gasteiger partial charge on any atom is 0.410 e. The van der Waals surface area contributed by atoms with Crippen LogP contribution < -0.4 is 0 Å². The van der Waals surface area contributed by atoms with E-state index in [1.54, 1.807) is 0 Å². The van der Waals surface area contributed by atoms with Crippen LogP contribution in [0.4, 0.5) is 4.79 Å². The van der Waals surface area contributed by atoms with E-state index in [2.05, 4.69) is 24.0 Å². The third-order valence-corrected chi connectivity index (χ3v) is 3.95. The van der Waals surface area contributed by atoms with Crippen LogP contribution in [0, 0.1) is 0 Å². The number of aliphatic hydroxyl groups is 1. The highest BCUT2D eigenvalue weighted by molar-refractivity contribution is 5.68. The highest BCUT2D eigenvalue weighted by Gasteiger charge is 2.30. The summed E-state index contributed by atoms with van der Waals surface area (Å²) in [4.78, 5) is 16.4. The lowest BCUT2D eigenvalue weighted by atomic mass is 10.1. The molecule has 128 valence electrons. The summed E-state index contributed by atoms with van der Waals surface area (Å²) in [6.07, 6.45) is -0.225. The van der Waals surface area contributed by atoms with Crippen molar-refractivity contribution in [1.82, 2.24) is 9.80 Å². The molecule has 0 radical (unpaired) electrons. The van der Waals surface area contributed by atoms with Crippen LogP contribution in [0.2, 0.25) is 0 Å². The maximum atomic E-state index is 12.2. The number of carbonyl (C=O) groups is 1. The van der Waals surface area contributed by atoms with Gasteiger partial charge in [-0.1, -0.05) is 24.3 Å². The first-order valence-corrected chi connectivity index (χ1v) is 8.19. The predicted octanol–water partition coefficient (Wildman–Crippen LogP) is 2.62. The average molecular weight is 320 g/mol. The van der Waals surface area contributed by atoms with E-state index in [0.717, 1.165) is 25.2 Å². The molecule has 0 unspecified atom stereocenters. The lowest BCUT2D eigenvalue weighted by Gasteiger charge is -2.40. The van der Waals surface area contributed by atoms with Gasteiger partial charge in [-0.3, -0.25) is 4.90 Å². The molecule has 0 bridgehead atoms. The molecule has 2 rings (SSSR count). The van der Waals surface area contributed by atoms with Gasteiger partial charge in [0, 0.05) is 32.2 Å². The molecule has 1 aromatic rings. The Morgan fingerprint density at radius 2 is 1.83 bits per heavy atom. The molecule has 1 N–H and O–H groups in total. The van der Waals surface area contributed by atoms with Crippen LogP contribution in [-0.2, 0) is 17.9 Å². The summed E-state index contributed by atoms with van der Waals surface area (Å²) >= 11 is 0. The first-order valence-electron chi connectivity index (χ1n) is 8.19. The molecule has 23 heavy (non-hydrogen) atoms. The Morgan fingerprint density at radius 1 is 1.22 bits per heavy atom. The van der Waals surface area contributed by atoms with Crippen molar-refractivity contribution in [2.75, 3.05) is 19.6 Å². The summed E-state index contributed by atoms with van der Waals surface area (Å²) in [5.41, 5.74) is 1.69. The van der Waals surface area contributed by atoms with Gasteiger partial charge < -0.3 is 14.7 Å². The first kappa shape index (κ1) is 17.8. The summed E-state index contributed by atoms with van der Waals surface area (Å²) in [6, 6.07) is 8.15. The molecule has 1 aromatic carbocycles. The smallest absolute Gasteiger partial charge is 0.410 e. The van der Waals surface area contributed by atoms with Crippen molar-refractivity contribution in [3.05, 3.63) is 35.4 Å².